The van der Waals surface area contributed by atoms with E-state index >= 15 is 0 Å². The summed E-state index contributed by atoms with van der Waals surface area (Å²) in [6, 6.07) is 30.5. The van der Waals surface area contributed by atoms with Crippen LogP contribution < -0.4 is 0 Å². The number of phenols is 1. The van der Waals surface area contributed by atoms with Gasteiger partial charge in [0.1, 0.15) is 11.4 Å². The Kier molecular flexibility index (Phi) is 3.61. The zero-order valence-corrected chi connectivity index (χ0v) is 14.6. The van der Waals surface area contributed by atoms with Crippen LogP contribution in [-0.4, -0.2) is 11.3 Å². The second kappa shape index (κ2) is 6.26. The summed E-state index contributed by atoms with van der Waals surface area (Å²) in [6.07, 6.45) is 1.88. The van der Waals surface area contributed by atoms with Crippen molar-refractivity contribution in [3.05, 3.63) is 96.6 Å². The lowest BCUT2D eigenvalue weighted by molar-refractivity contribution is 0.477. The van der Waals surface area contributed by atoms with E-state index in [4.69, 9.17) is 4.99 Å². The largest absolute Gasteiger partial charge is 0.506 e. The normalized spacial score (nSPS) is 11.7. The Bertz CT molecular complexity index is 1280. The van der Waals surface area contributed by atoms with Crippen molar-refractivity contribution < 1.29 is 5.11 Å². The van der Waals surface area contributed by atoms with Crippen LogP contribution in [-0.2, 0) is 0 Å². The molecule has 0 aromatic heterocycles. The average molecular weight is 347 g/mol. The van der Waals surface area contributed by atoms with Gasteiger partial charge in [-0.2, -0.15) is 0 Å². The summed E-state index contributed by atoms with van der Waals surface area (Å²) in [5.74, 6) is 0.189. The van der Waals surface area contributed by atoms with Gasteiger partial charge in [-0.25, -0.2) is 0 Å². The molecule has 2 nitrogen and oxygen atoms in total. The van der Waals surface area contributed by atoms with Gasteiger partial charge in [0.05, 0.1) is 0 Å². The Hall–Kier alpha value is -3.65. The molecule has 2 heteroatoms. The van der Waals surface area contributed by atoms with Gasteiger partial charge in [0.2, 0.25) is 0 Å². The third kappa shape index (κ3) is 2.63. The summed E-state index contributed by atoms with van der Waals surface area (Å²) >= 11 is 0. The van der Waals surface area contributed by atoms with Gasteiger partial charge in [0.25, 0.3) is 0 Å². The molecule has 0 unspecified atom stereocenters. The maximum Gasteiger partial charge on any atom is 0.141 e. The molecule has 0 atom stereocenters. The quantitative estimate of drug-likeness (QED) is 0.283. The van der Waals surface area contributed by atoms with E-state index in [1.807, 2.05) is 48.7 Å². The molecule has 0 spiro atoms. The fraction of sp³-hybridized carbons (Fsp3) is 0. The van der Waals surface area contributed by atoms with Gasteiger partial charge in [0, 0.05) is 17.2 Å². The van der Waals surface area contributed by atoms with E-state index in [0.29, 0.717) is 5.69 Å². The Morgan fingerprint density at radius 1 is 0.593 bits per heavy atom. The van der Waals surface area contributed by atoms with Gasteiger partial charge < -0.3 is 5.11 Å². The molecule has 0 amide bonds. The zero-order chi connectivity index (χ0) is 18.2. The molecule has 0 bridgehead atoms. The van der Waals surface area contributed by atoms with Crippen molar-refractivity contribution in [3.8, 4) is 5.75 Å². The lowest BCUT2D eigenvalue weighted by atomic mass is 9.97. The van der Waals surface area contributed by atoms with Crippen LogP contribution in [0.5, 0.6) is 5.75 Å². The highest BCUT2D eigenvalue weighted by Gasteiger charge is 2.08. The molecule has 0 heterocycles. The number of phenolic OH excluding ortho intramolecular Hbond substituents is 1. The van der Waals surface area contributed by atoms with Crippen molar-refractivity contribution in [2.75, 3.05) is 0 Å². The summed E-state index contributed by atoms with van der Waals surface area (Å²) in [4.78, 5) is 4.73. The van der Waals surface area contributed by atoms with Crippen LogP contribution in [0.15, 0.2) is 96.0 Å². The number of aliphatic imine (C=N–C) groups is 1. The zero-order valence-electron chi connectivity index (χ0n) is 14.6. The molecule has 5 aromatic rings. The molecular formula is C25H17NO. The predicted molar refractivity (Wildman–Crippen MR) is 114 cm³/mol. The van der Waals surface area contributed by atoms with E-state index < -0.39 is 0 Å². The highest BCUT2D eigenvalue weighted by atomic mass is 16.3. The third-order valence-electron chi connectivity index (χ3n) is 5.01. The van der Waals surface area contributed by atoms with Crippen LogP contribution in [0.1, 0.15) is 5.56 Å². The van der Waals surface area contributed by atoms with E-state index in [1.54, 1.807) is 6.07 Å². The highest BCUT2D eigenvalue weighted by Crippen LogP contribution is 2.35. The van der Waals surface area contributed by atoms with Crippen LogP contribution in [0.2, 0.25) is 0 Å². The molecule has 0 fully saturated rings. The highest BCUT2D eigenvalue weighted by molar-refractivity contribution is 6.14. The van der Waals surface area contributed by atoms with Gasteiger partial charge in [-0.05, 0) is 39.1 Å². The van der Waals surface area contributed by atoms with Crippen molar-refractivity contribution >= 4 is 44.2 Å². The molecule has 0 radical (unpaired) electrons. The summed E-state index contributed by atoms with van der Waals surface area (Å²) in [5.41, 5.74) is 1.67. The third-order valence-corrected chi connectivity index (χ3v) is 5.01. The van der Waals surface area contributed by atoms with Crippen molar-refractivity contribution in [1.82, 2.24) is 0 Å². The molecule has 0 aliphatic heterocycles. The van der Waals surface area contributed by atoms with E-state index in [2.05, 4.69) is 42.5 Å². The SMILES string of the molecule is Oc1ccc2ccccc2c1N=Cc1c2ccccc2cc2ccccc12. The molecule has 5 aromatic carbocycles. The molecule has 0 saturated carbocycles. The van der Waals surface area contributed by atoms with Crippen LogP contribution >= 0.6 is 0 Å². The van der Waals surface area contributed by atoms with Gasteiger partial charge in [-0.1, -0.05) is 78.9 Å². The second-order valence-electron chi connectivity index (χ2n) is 6.65. The van der Waals surface area contributed by atoms with Crippen molar-refractivity contribution in [2.45, 2.75) is 0 Å². The summed E-state index contributed by atoms with van der Waals surface area (Å²) in [5, 5.41) is 17.1. The van der Waals surface area contributed by atoms with Gasteiger partial charge >= 0.3 is 0 Å². The van der Waals surface area contributed by atoms with Crippen molar-refractivity contribution in [2.24, 2.45) is 4.99 Å². The Morgan fingerprint density at radius 3 is 1.81 bits per heavy atom. The molecule has 0 aliphatic carbocycles. The lowest BCUT2D eigenvalue weighted by Gasteiger charge is -2.09. The summed E-state index contributed by atoms with van der Waals surface area (Å²) in [6.45, 7) is 0. The lowest BCUT2D eigenvalue weighted by Crippen LogP contribution is -1.88. The fourth-order valence-electron chi connectivity index (χ4n) is 3.70. The Labute approximate surface area is 157 Å². The number of hydrogen-bond donors (Lipinski definition) is 1. The van der Waals surface area contributed by atoms with E-state index in [9.17, 15) is 5.11 Å². The number of benzene rings is 5. The van der Waals surface area contributed by atoms with E-state index in [0.717, 1.165) is 27.1 Å². The predicted octanol–water partition coefficient (Wildman–Crippen LogP) is 6.60. The van der Waals surface area contributed by atoms with Crippen molar-refractivity contribution in [1.29, 1.82) is 0 Å². The molecular weight excluding hydrogens is 330 g/mol. The number of fused-ring (bicyclic) bond motifs is 3. The number of hydrogen-bond acceptors (Lipinski definition) is 2. The van der Waals surface area contributed by atoms with Crippen molar-refractivity contribution in [3.63, 3.8) is 0 Å². The van der Waals surface area contributed by atoms with Crippen LogP contribution in [0, 0.1) is 0 Å². The molecule has 128 valence electrons. The maximum absolute atomic E-state index is 10.4. The fourth-order valence-corrected chi connectivity index (χ4v) is 3.70. The average Bonchev–Trinajstić information content (AvgIpc) is 2.72. The number of rotatable bonds is 2. The maximum atomic E-state index is 10.4. The monoisotopic (exact) mass is 347 g/mol. The summed E-state index contributed by atoms with van der Waals surface area (Å²) in [7, 11) is 0. The Morgan fingerprint density at radius 2 is 1.15 bits per heavy atom. The van der Waals surface area contributed by atoms with E-state index in [1.165, 1.54) is 10.8 Å². The Balaban J connectivity index is 1.79. The molecule has 0 saturated heterocycles. The van der Waals surface area contributed by atoms with Crippen LogP contribution in [0.3, 0.4) is 0 Å². The minimum Gasteiger partial charge on any atom is -0.506 e. The first-order chi connectivity index (χ1) is 13.3. The van der Waals surface area contributed by atoms with Gasteiger partial charge in [-0.15, -0.1) is 0 Å². The second-order valence-corrected chi connectivity index (χ2v) is 6.65. The first kappa shape index (κ1) is 15.6. The standard InChI is InChI=1S/C25H17NO/c27-24-14-13-17-7-1-6-12-22(17)25(24)26-16-23-20-10-4-2-8-18(20)15-19-9-3-5-11-21(19)23/h1-16,27H. The molecule has 5 rings (SSSR count). The molecule has 27 heavy (non-hydrogen) atoms. The molecule has 1 N–H and O–H groups in total. The van der Waals surface area contributed by atoms with Gasteiger partial charge in [0.15, 0.2) is 0 Å². The minimum atomic E-state index is 0.189. The van der Waals surface area contributed by atoms with E-state index in [-0.39, 0.29) is 5.75 Å². The first-order valence-corrected chi connectivity index (χ1v) is 8.96. The van der Waals surface area contributed by atoms with Crippen LogP contribution in [0.25, 0.3) is 32.3 Å². The van der Waals surface area contributed by atoms with Crippen LogP contribution in [0.4, 0.5) is 5.69 Å². The summed E-state index contributed by atoms with van der Waals surface area (Å²) < 4.78 is 0. The first-order valence-electron chi connectivity index (χ1n) is 8.96. The molecule has 0 aliphatic rings. The number of nitrogens with zero attached hydrogens (tertiary/aromatic N) is 1. The van der Waals surface area contributed by atoms with Gasteiger partial charge in [-0.3, -0.25) is 4.99 Å². The minimum absolute atomic E-state index is 0.189. The smallest absolute Gasteiger partial charge is 0.141 e. The number of aromatic hydroxyl groups is 1. The topological polar surface area (TPSA) is 32.6 Å².